The van der Waals surface area contributed by atoms with Crippen molar-refractivity contribution in [1.82, 2.24) is 4.31 Å². The van der Waals surface area contributed by atoms with E-state index in [-0.39, 0.29) is 8.51 Å². The van der Waals surface area contributed by atoms with Crippen LogP contribution in [0.25, 0.3) is 0 Å². The lowest BCUT2D eigenvalue weighted by atomic mass is 10.4. The molecule has 0 atom stereocenters. The summed E-state index contributed by atoms with van der Waals surface area (Å²) in [6, 6.07) is 2.86. The molecule has 0 bridgehead atoms. The Kier molecular flexibility index (Phi) is 5.36. The third-order valence-electron chi connectivity index (χ3n) is 2.28. The largest absolute Gasteiger partial charge is 0.402 e. The van der Waals surface area contributed by atoms with Gasteiger partial charge in [0.1, 0.15) is 10.8 Å². The average molecular weight is 317 g/mol. The van der Waals surface area contributed by atoms with Crippen LogP contribution in [0.3, 0.4) is 0 Å². The van der Waals surface area contributed by atoms with Crippen molar-refractivity contribution >= 4 is 21.4 Å². The molecule has 0 unspecified atom stereocenters. The molecule has 1 aromatic rings. The number of aliphatic hydroxyl groups excluding tert-OH is 1. The fraction of sp³-hybridized carbons (Fsp3) is 0.600. The number of alkyl halides is 3. The van der Waals surface area contributed by atoms with Crippen LogP contribution < -0.4 is 0 Å². The van der Waals surface area contributed by atoms with Crippen molar-refractivity contribution in [3.05, 3.63) is 17.0 Å². The highest BCUT2D eigenvalue weighted by atomic mass is 32.2. The Morgan fingerprint density at radius 1 is 1.37 bits per heavy atom. The van der Waals surface area contributed by atoms with Crippen LogP contribution in [0.2, 0.25) is 0 Å². The van der Waals surface area contributed by atoms with Gasteiger partial charge in [-0.1, -0.05) is 6.92 Å². The minimum absolute atomic E-state index is 0.137. The van der Waals surface area contributed by atoms with Gasteiger partial charge in [0.25, 0.3) is 10.0 Å². The van der Waals surface area contributed by atoms with Crippen LogP contribution in [-0.2, 0) is 16.4 Å². The number of sulfonamides is 1. The van der Waals surface area contributed by atoms with Gasteiger partial charge >= 0.3 is 6.18 Å². The first-order valence-corrected chi connectivity index (χ1v) is 7.73. The lowest BCUT2D eigenvalue weighted by Crippen LogP contribution is -2.40. The maximum Gasteiger partial charge on any atom is 0.402 e. The first kappa shape index (κ1) is 16.4. The highest BCUT2D eigenvalue weighted by molar-refractivity contribution is 7.91. The van der Waals surface area contributed by atoms with Crippen LogP contribution in [0, 0.1) is 0 Å². The molecule has 4 nitrogen and oxygen atoms in total. The lowest BCUT2D eigenvalue weighted by molar-refractivity contribution is -0.136. The van der Waals surface area contributed by atoms with Gasteiger partial charge in [-0.3, -0.25) is 0 Å². The fourth-order valence-corrected chi connectivity index (χ4v) is 4.28. The second-order valence-corrected chi connectivity index (χ2v) is 7.08. The Bertz CT molecular complexity index is 510. The summed E-state index contributed by atoms with van der Waals surface area (Å²) in [6.07, 6.45) is -4.04. The molecule has 0 saturated heterocycles. The predicted octanol–water partition coefficient (Wildman–Crippen LogP) is 1.86. The molecule has 0 aliphatic carbocycles. The summed E-state index contributed by atoms with van der Waals surface area (Å²) in [4.78, 5) is 0.773. The van der Waals surface area contributed by atoms with E-state index >= 15 is 0 Å². The summed E-state index contributed by atoms with van der Waals surface area (Å²) >= 11 is 0.941. The molecule has 0 amide bonds. The Labute approximate surface area is 113 Å². The Hall–Kier alpha value is -0.640. The summed E-state index contributed by atoms with van der Waals surface area (Å²) in [5.74, 6) is 0. The third kappa shape index (κ3) is 4.44. The first-order valence-electron chi connectivity index (χ1n) is 5.47. The molecular formula is C10H14F3NO3S2. The van der Waals surface area contributed by atoms with E-state index in [9.17, 15) is 21.6 Å². The molecule has 0 fully saturated rings. The average Bonchev–Trinajstić information content (AvgIpc) is 2.75. The molecule has 0 spiro atoms. The van der Waals surface area contributed by atoms with Crippen LogP contribution in [0.1, 0.15) is 11.8 Å². The molecule has 0 saturated carbocycles. The maximum absolute atomic E-state index is 12.4. The van der Waals surface area contributed by atoms with Gasteiger partial charge in [-0.05, 0) is 18.6 Å². The van der Waals surface area contributed by atoms with Gasteiger partial charge in [0.05, 0.1) is 6.61 Å². The monoisotopic (exact) mass is 317 g/mol. The quantitative estimate of drug-likeness (QED) is 0.871. The highest BCUT2D eigenvalue weighted by Gasteiger charge is 2.37. The van der Waals surface area contributed by atoms with Gasteiger partial charge < -0.3 is 5.11 Å². The molecule has 19 heavy (non-hydrogen) atoms. The van der Waals surface area contributed by atoms with Gasteiger partial charge in [-0.15, -0.1) is 11.3 Å². The zero-order chi connectivity index (χ0) is 14.7. The Balaban J connectivity index is 3.05. The molecule has 110 valence electrons. The van der Waals surface area contributed by atoms with Gasteiger partial charge in [0.2, 0.25) is 0 Å². The third-order valence-corrected chi connectivity index (χ3v) is 5.83. The Morgan fingerprint density at radius 2 is 2.00 bits per heavy atom. The summed E-state index contributed by atoms with van der Waals surface area (Å²) in [7, 11) is -4.21. The number of aliphatic hydroxyl groups is 1. The standard InChI is InChI=1S/C10H14F3NO3S2/c1-2-8-3-4-9(18-8)19(16,17)14(5-6-15)7-10(11,12)13/h3-4,15H,2,5-7H2,1H3. The van der Waals surface area contributed by atoms with E-state index in [0.717, 1.165) is 16.2 Å². The van der Waals surface area contributed by atoms with E-state index in [0.29, 0.717) is 6.42 Å². The molecule has 0 radical (unpaired) electrons. The molecule has 1 N–H and O–H groups in total. The number of aryl methyl sites for hydroxylation is 1. The predicted molar refractivity (Wildman–Crippen MR) is 65.6 cm³/mol. The van der Waals surface area contributed by atoms with Crippen molar-refractivity contribution in [2.75, 3.05) is 19.7 Å². The number of thiophene rings is 1. The van der Waals surface area contributed by atoms with Crippen LogP contribution in [0.15, 0.2) is 16.3 Å². The zero-order valence-corrected chi connectivity index (χ0v) is 11.8. The van der Waals surface area contributed by atoms with Crippen LogP contribution in [0.5, 0.6) is 0 Å². The SMILES string of the molecule is CCc1ccc(S(=O)(=O)N(CCO)CC(F)(F)F)s1. The van der Waals surface area contributed by atoms with E-state index in [4.69, 9.17) is 5.11 Å². The van der Waals surface area contributed by atoms with Crippen molar-refractivity contribution in [3.8, 4) is 0 Å². The molecule has 0 aliphatic rings. The lowest BCUT2D eigenvalue weighted by Gasteiger charge is -2.21. The molecule has 0 aliphatic heterocycles. The molecule has 1 aromatic heterocycles. The van der Waals surface area contributed by atoms with E-state index in [1.165, 1.54) is 6.07 Å². The second kappa shape index (κ2) is 6.21. The second-order valence-electron chi connectivity index (χ2n) is 3.75. The van der Waals surface area contributed by atoms with Crippen LogP contribution >= 0.6 is 11.3 Å². The van der Waals surface area contributed by atoms with E-state index in [1.807, 2.05) is 6.92 Å². The molecule has 1 heterocycles. The summed E-state index contributed by atoms with van der Waals surface area (Å²) in [5.41, 5.74) is 0. The Morgan fingerprint density at radius 3 is 2.42 bits per heavy atom. The van der Waals surface area contributed by atoms with Crippen LogP contribution in [0.4, 0.5) is 13.2 Å². The number of nitrogens with zero attached hydrogens (tertiary/aromatic N) is 1. The van der Waals surface area contributed by atoms with Crippen molar-refractivity contribution in [2.24, 2.45) is 0 Å². The van der Waals surface area contributed by atoms with Gasteiger partial charge in [-0.2, -0.15) is 17.5 Å². The number of halogens is 3. The summed E-state index contributed by atoms with van der Waals surface area (Å²) in [5, 5.41) is 8.73. The van der Waals surface area contributed by atoms with Crippen molar-refractivity contribution < 1.29 is 26.7 Å². The number of rotatable bonds is 6. The zero-order valence-electron chi connectivity index (χ0n) is 10.1. The first-order chi connectivity index (χ1) is 8.70. The van der Waals surface area contributed by atoms with Gasteiger partial charge in [-0.25, -0.2) is 8.42 Å². The van der Waals surface area contributed by atoms with Crippen molar-refractivity contribution in [1.29, 1.82) is 0 Å². The van der Waals surface area contributed by atoms with E-state index in [1.54, 1.807) is 6.07 Å². The minimum atomic E-state index is -4.65. The van der Waals surface area contributed by atoms with E-state index < -0.39 is 35.9 Å². The minimum Gasteiger partial charge on any atom is -0.395 e. The summed E-state index contributed by atoms with van der Waals surface area (Å²) in [6.45, 7) is -1.03. The molecule has 1 rings (SSSR count). The fourth-order valence-electron chi connectivity index (χ4n) is 1.41. The molecule has 0 aromatic carbocycles. The number of hydrogen-bond donors (Lipinski definition) is 1. The number of hydrogen-bond acceptors (Lipinski definition) is 4. The van der Waals surface area contributed by atoms with Crippen molar-refractivity contribution in [2.45, 2.75) is 23.7 Å². The van der Waals surface area contributed by atoms with Gasteiger partial charge in [0, 0.05) is 11.4 Å². The smallest absolute Gasteiger partial charge is 0.395 e. The van der Waals surface area contributed by atoms with Gasteiger partial charge in [0.15, 0.2) is 0 Å². The van der Waals surface area contributed by atoms with Crippen LogP contribution in [-0.4, -0.2) is 43.7 Å². The molecule has 9 heteroatoms. The highest BCUT2D eigenvalue weighted by Crippen LogP contribution is 2.27. The topological polar surface area (TPSA) is 57.6 Å². The van der Waals surface area contributed by atoms with Crippen molar-refractivity contribution in [3.63, 3.8) is 0 Å². The van der Waals surface area contributed by atoms with E-state index in [2.05, 4.69) is 0 Å². The normalized spacial score (nSPS) is 13.2. The molecular weight excluding hydrogens is 303 g/mol. The summed E-state index contributed by atoms with van der Waals surface area (Å²) < 4.78 is 61.3. The maximum atomic E-state index is 12.4.